The fourth-order valence-corrected chi connectivity index (χ4v) is 6.06. The van der Waals surface area contributed by atoms with Crippen molar-refractivity contribution in [2.75, 3.05) is 6.61 Å². The number of hydrogen-bond donors (Lipinski definition) is 1. The van der Waals surface area contributed by atoms with Gasteiger partial charge in [-0.2, -0.15) is 0 Å². The quantitative estimate of drug-likeness (QED) is 0.409. The molecule has 0 bridgehead atoms. The van der Waals surface area contributed by atoms with Crippen LogP contribution in [0, 0.1) is 11.8 Å². The van der Waals surface area contributed by atoms with Gasteiger partial charge in [0, 0.05) is 12.5 Å². The van der Waals surface area contributed by atoms with Gasteiger partial charge in [-0.05, 0) is 43.0 Å². The molecule has 0 aromatic heterocycles. The van der Waals surface area contributed by atoms with Gasteiger partial charge in [0.1, 0.15) is 0 Å². The van der Waals surface area contributed by atoms with Crippen LogP contribution < -0.4 is 0 Å². The van der Waals surface area contributed by atoms with Crippen molar-refractivity contribution in [3.63, 3.8) is 0 Å². The SMILES string of the molecule is CCC[C@@H](C)/C=C(\C)[C@H](O[Si](CC)(CC)CC)[C@H](C)CO. The van der Waals surface area contributed by atoms with E-state index in [1.165, 1.54) is 18.4 Å². The highest BCUT2D eigenvalue weighted by molar-refractivity contribution is 6.73. The lowest BCUT2D eigenvalue weighted by molar-refractivity contribution is 0.112. The second kappa shape index (κ2) is 10.6. The Kier molecular flexibility index (Phi) is 10.5. The van der Waals surface area contributed by atoms with E-state index in [1.54, 1.807) is 0 Å². The molecule has 0 radical (unpaired) electrons. The predicted octanol–water partition coefficient (Wildman–Crippen LogP) is 5.39. The Hall–Kier alpha value is -0.123. The van der Waals surface area contributed by atoms with Crippen LogP contribution in [0.1, 0.15) is 61.3 Å². The van der Waals surface area contributed by atoms with E-state index in [0.29, 0.717) is 5.92 Å². The molecule has 0 aliphatic carbocycles. The van der Waals surface area contributed by atoms with E-state index in [0.717, 1.165) is 18.1 Å². The van der Waals surface area contributed by atoms with Crippen LogP contribution in [0.15, 0.2) is 11.6 Å². The molecule has 2 nitrogen and oxygen atoms in total. The average Bonchev–Trinajstić information content (AvgIpc) is 2.48. The van der Waals surface area contributed by atoms with Crippen molar-refractivity contribution in [2.24, 2.45) is 11.8 Å². The van der Waals surface area contributed by atoms with Gasteiger partial charge in [0.15, 0.2) is 8.32 Å². The zero-order chi connectivity index (χ0) is 16.5. The third-order valence-electron chi connectivity index (χ3n) is 4.85. The fourth-order valence-electron chi connectivity index (χ4n) is 3.11. The van der Waals surface area contributed by atoms with Crippen molar-refractivity contribution < 1.29 is 9.53 Å². The zero-order valence-electron chi connectivity index (χ0n) is 15.4. The summed E-state index contributed by atoms with van der Waals surface area (Å²) in [4.78, 5) is 0. The monoisotopic (exact) mass is 314 g/mol. The van der Waals surface area contributed by atoms with Crippen LogP contribution in [0.25, 0.3) is 0 Å². The summed E-state index contributed by atoms with van der Waals surface area (Å²) in [5.74, 6) is 0.763. The molecule has 0 aliphatic heterocycles. The van der Waals surface area contributed by atoms with E-state index >= 15 is 0 Å². The number of aliphatic hydroxyl groups excluding tert-OH is 1. The van der Waals surface area contributed by atoms with Crippen molar-refractivity contribution in [1.29, 1.82) is 0 Å². The smallest absolute Gasteiger partial charge is 0.192 e. The Morgan fingerprint density at radius 2 is 1.62 bits per heavy atom. The summed E-state index contributed by atoms with van der Waals surface area (Å²) in [5, 5.41) is 9.61. The molecule has 0 unspecified atom stereocenters. The molecule has 0 heterocycles. The van der Waals surface area contributed by atoms with Gasteiger partial charge in [-0.15, -0.1) is 0 Å². The van der Waals surface area contributed by atoms with Gasteiger partial charge in [0.05, 0.1) is 6.10 Å². The second-order valence-electron chi connectivity index (χ2n) is 6.62. The van der Waals surface area contributed by atoms with Crippen molar-refractivity contribution in [3.05, 3.63) is 11.6 Å². The minimum Gasteiger partial charge on any atom is -0.410 e. The molecule has 0 aromatic carbocycles. The van der Waals surface area contributed by atoms with Gasteiger partial charge in [0.25, 0.3) is 0 Å². The average molecular weight is 315 g/mol. The van der Waals surface area contributed by atoms with Crippen LogP contribution >= 0.6 is 0 Å². The van der Waals surface area contributed by atoms with E-state index in [4.69, 9.17) is 4.43 Å². The van der Waals surface area contributed by atoms with Crippen molar-refractivity contribution >= 4 is 8.32 Å². The molecule has 0 amide bonds. The molecule has 0 aromatic rings. The molecule has 0 saturated carbocycles. The van der Waals surface area contributed by atoms with Gasteiger partial charge in [-0.3, -0.25) is 0 Å². The highest BCUT2D eigenvalue weighted by Gasteiger charge is 2.34. The summed E-state index contributed by atoms with van der Waals surface area (Å²) in [6.45, 7) is 15.8. The molecular formula is C18H38O2Si. The Balaban J connectivity index is 5.20. The lowest BCUT2D eigenvalue weighted by atomic mass is 9.95. The Morgan fingerprint density at radius 1 is 1.10 bits per heavy atom. The molecule has 3 atom stereocenters. The number of aliphatic hydroxyl groups is 1. The lowest BCUT2D eigenvalue weighted by Gasteiger charge is -2.36. The topological polar surface area (TPSA) is 29.5 Å². The Labute approximate surface area is 134 Å². The highest BCUT2D eigenvalue weighted by Crippen LogP contribution is 2.29. The third kappa shape index (κ3) is 6.66. The van der Waals surface area contributed by atoms with Crippen LogP contribution in [-0.2, 0) is 4.43 Å². The van der Waals surface area contributed by atoms with E-state index in [-0.39, 0.29) is 18.6 Å². The maximum Gasteiger partial charge on any atom is 0.192 e. The molecule has 0 saturated heterocycles. The maximum atomic E-state index is 9.61. The summed E-state index contributed by atoms with van der Waals surface area (Å²) in [6.07, 6.45) is 4.88. The molecule has 21 heavy (non-hydrogen) atoms. The summed E-state index contributed by atoms with van der Waals surface area (Å²) < 4.78 is 6.69. The van der Waals surface area contributed by atoms with Crippen molar-refractivity contribution in [3.8, 4) is 0 Å². The van der Waals surface area contributed by atoms with Crippen molar-refractivity contribution in [1.82, 2.24) is 0 Å². The highest BCUT2D eigenvalue weighted by atomic mass is 28.4. The summed E-state index contributed by atoms with van der Waals surface area (Å²) in [6, 6.07) is 3.48. The van der Waals surface area contributed by atoms with Crippen molar-refractivity contribution in [2.45, 2.75) is 85.5 Å². The largest absolute Gasteiger partial charge is 0.410 e. The van der Waals surface area contributed by atoms with Crippen LogP contribution in [0.3, 0.4) is 0 Å². The summed E-state index contributed by atoms with van der Waals surface area (Å²) in [5.41, 5.74) is 1.31. The first kappa shape index (κ1) is 20.9. The molecule has 0 aliphatic rings. The zero-order valence-corrected chi connectivity index (χ0v) is 16.4. The first-order valence-electron chi connectivity index (χ1n) is 8.86. The van der Waals surface area contributed by atoms with E-state index in [1.807, 2.05) is 0 Å². The van der Waals surface area contributed by atoms with Gasteiger partial charge in [0.2, 0.25) is 0 Å². The van der Waals surface area contributed by atoms with Gasteiger partial charge in [-0.1, -0.05) is 54.0 Å². The molecule has 3 heteroatoms. The number of hydrogen-bond acceptors (Lipinski definition) is 2. The van der Waals surface area contributed by atoms with Crippen LogP contribution in [0.4, 0.5) is 0 Å². The molecule has 1 N–H and O–H groups in total. The molecule has 0 spiro atoms. The van der Waals surface area contributed by atoms with Crippen LogP contribution in [0.5, 0.6) is 0 Å². The van der Waals surface area contributed by atoms with Gasteiger partial charge in [-0.25, -0.2) is 0 Å². The van der Waals surface area contributed by atoms with Gasteiger partial charge >= 0.3 is 0 Å². The molecule has 0 fully saturated rings. The van der Waals surface area contributed by atoms with E-state index in [9.17, 15) is 5.11 Å². The van der Waals surface area contributed by atoms with Crippen LogP contribution in [0.2, 0.25) is 18.1 Å². The van der Waals surface area contributed by atoms with Gasteiger partial charge < -0.3 is 9.53 Å². The minimum absolute atomic E-state index is 0.0841. The Morgan fingerprint density at radius 3 is 2.00 bits per heavy atom. The lowest BCUT2D eigenvalue weighted by Crippen LogP contribution is -2.43. The number of rotatable bonds is 11. The summed E-state index contributed by atoms with van der Waals surface area (Å²) >= 11 is 0. The Bertz CT molecular complexity index is 289. The van der Waals surface area contributed by atoms with E-state index in [2.05, 4.69) is 54.5 Å². The number of allylic oxidation sites excluding steroid dienone is 1. The third-order valence-corrected chi connectivity index (χ3v) is 9.47. The maximum absolute atomic E-state index is 9.61. The fraction of sp³-hybridized carbons (Fsp3) is 0.889. The van der Waals surface area contributed by atoms with E-state index < -0.39 is 8.32 Å². The summed E-state index contributed by atoms with van der Waals surface area (Å²) in [7, 11) is -1.64. The predicted molar refractivity (Wildman–Crippen MR) is 96.1 cm³/mol. The molecule has 126 valence electrons. The van der Waals surface area contributed by atoms with Crippen LogP contribution in [-0.4, -0.2) is 26.1 Å². The minimum atomic E-state index is -1.64. The normalized spacial score (nSPS) is 17.6. The standard InChI is InChI=1S/C18H38O2Si/c1-8-12-15(5)13-16(6)18(17(7)14-19)20-21(9-2,10-3)11-4/h13,15,17-19H,8-12,14H2,1-7H3/b16-13+/t15-,17-,18+/m1/s1. The molecular weight excluding hydrogens is 276 g/mol. The second-order valence-corrected chi connectivity index (χ2v) is 11.3. The first-order chi connectivity index (χ1) is 9.89. The molecule has 0 rings (SSSR count). The first-order valence-corrected chi connectivity index (χ1v) is 11.4.